The van der Waals surface area contributed by atoms with Crippen molar-refractivity contribution in [1.29, 1.82) is 0 Å². The molecule has 0 amide bonds. The Morgan fingerprint density at radius 3 is 2.00 bits per heavy atom. The van der Waals surface area contributed by atoms with Crippen molar-refractivity contribution in [1.82, 2.24) is 5.48 Å². The van der Waals surface area contributed by atoms with Gasteiger partial charge < -0.3 is 4.84 Å². The fourth-order valence-corrected chi connectivity index (χ4v) is 1.62. The minimum Gasteiger partial charge on any atom is -0.305 e. The van der Waals surface area contributed by atoms with Gasteiger partial charge in [-0.15, -0.1) is 0 Å². The zero-order chi connectivity index (χ0) is 6.97. The molecule has 0 unspecified atom stereocenters. The molecule has 2 aliphatic rings. The van der Waals surface area contributed by atoms with Gasteiger partial charge in [-0.1, -0.05) is 0 Å². The van der Waals surface area contributed by atoms with Crippen LogP contribution in [0.3, 0.4) is 0 Å². The molecule has 2 rings (SSSR count). The number of hydrogen-bond donors (Lipinski definition) is 1. The molecule has 2 nitrogen and oxygen atoms in total. The molecule has 2 heteroatoms. The van der Waals surface area contributed by atoms with Crippen LogP contribution in [0.1, 0.15) is 25.7 Å². The molecule has 2 saturated carbocycles. The first-order chi connectivity index (χ1) is 4.92. The van der Waals surface area contributed by atoms with Crippen LogP contribution in [0.2, 0.25) is 0 Å². The molecule has 0 spiro atoms. The minimum absolute atomic E-state index is 0.685. The Labute approximate surface area is 61.9 Å². The van der Waals surface area contributed by atoms with Crippen molar-refractivity contribution in [3.63, 3.8) is 0 Å². The van der Waals surface area contributed by atoms with E-state index in [4.69, 9.17) is 4.84 Å². The van der Waals surface area contributed by atoms with Crippen LogP contribution in [-0.4, -0.2) is 13.2 Å². The van der Waals surface area contributed by atoms with Gasteiger partial charge in [0.05, 0.1) is 7.11 Å². The minimum atomic E-state index is 0.685. The van der Waals surface area contributed by atoms with Gasteiger partial charge in [0.15, 0.2) is 0 Å². The van der Waals surface area contributed by atoms with Crippen LogP contribution < -0.4 is 5.48 Å². The lowest BCUT2D eigenvalue weighted by Crippen LogP contribution is -2.31. The molecule has 0 aliphatic heterocycles. The van der Waals surface area contributed by atoms with E-state index in [9.17, 15) is 0 Å². The Kier molecular flexibility index (Phi) is 1.66. The number of hydroxylamine groups is 1. The third-order valence-corrected chi connectivity index (χ3v) is 2.51. The first-order valence-corrected chi connectivity index (χ1v) is 4.20. The Morgan fingerprint density at radius 2 is 1.70 bits per heavy atom. The second-order valence-corrected chi connectivity index (χ2v) is 3.52. The summed E-state index contributed by atoms with van der Waals surface area (Å²) in [6.45, 7) is 0. The van der Waals surface area contributed by atoms with Crippen LogP contribution in [0.25, 0.3) is 0 Å². The lowest BCUT2D eigenvalue weighted by atomic mass is 10.1. The average molecular weight is 141 g/mol. The molecule has 0 aromatic rings. The summed E-state index contributed by atoms with van der Waals surface area (Å²) in [5.41, 5.74) is 3.11. The van der Waals surface area contributed by atoms with Gasteiger partial charge >= 0.3 is 0 Å². The van der Waals surface area contributed by atoms with Crippen LogP contribution in [0.5, 0.6) is 0 Å². The van der Waals surface area contributed by atoms with Crippen LogP contribution in [0.4, 0.5) is 0 Å². The van der Waals surface area contributed by atoms with Crippen molar-refractivity contribution in [2.24, 2.45) is 11.8 Å². The molecule has 0 atom stereocenters. The Morgan fingerprint density at radius 1 is 1.20 bits per heavy atom. The molecule has 0 radical (unpaired) electrons. The van der Waals surface area contributed by atoms with E-state index in [2.05, 4.69) is 5.48 Å². The lowest BCUT2D eigenvalue weighted by molar-refractivity contribution is 0.0467. The second-order valence-electron chi connectivity index (χ2n) is 3.52. The molecule has 2 aliphatic carbocycles. The number of rotatable bonds is 4. The van der Waals surface area contributed by atoms with E-state index in [1.807, 2.05) is 0 Å². The van der Waals surface area contributed by atoms with Crippen LogP contribution in [-0.2, 0) is 4.84 Å². The molecule has 58 valence electrons. The van der Waals surface area contributed by atoms with Gasteiger partial charge in [-0.05, 0) is 37.5 Å². The van der Waals surface area contributed by atoms with Crippen LogP contribution >= 0.6 is 0 Å². The van der Waals surface area contributed by atoms with Crippen molar-refractivity contribution in [2.45, 2.75) is 31.7 Å². The van der Waals surface area contributed by atoms with Crippen molar-refractivity contribution in [3.8, 4) is 0 Å². The standard InChI is InChI=1S/C8H15NO/c1-10-9-8(6-2-3-6)7-4-5-7/h6-9H,2-5H2,1H3. The topological polar surface area (TPSA) is 21.3 Å². The molecular formula is C8H15NO. The molecule has 0 aromatic heterocycles. The van der Waals surface area contributed by atoms with E-state index in [0.717, 1.165) is 11.8 Å². The number of hydrogen-bond acceptors (Lipinski definition) is 2. The summed E-state index contributed by atoms with van der Waals surface area (Å²) in [6.07, 6.45) is 5.66. The quantitative estimate of drug-likeness (QED) is 0.596. The summed E-state index contributed by atoms with van der Waals surface area (Å²) in [4.78, 5) is 4.96. The van der Waals surface area contributed by atoms with E-state index in [1.165, 1.54) is 25.7 Å². The van der Waals surface area contributed by atoms with E-state index in [1.54, 1.807) is 7.11 Å². The fourth-order valence-electron chi connectivity index (χ4n) is 1.62. The van der Waals surface area contributed by atoms with E-state index in [0.29, 0.717) is 6.04 Å². The SMILES string of the molecule is CONC(C1CC1)C1CC1. The molecular weight excluding hydrogens is 126 g/mol. The highest BCUT2D eigenvalue weighted by atomic mass is 16.6. The van der Waals surface area contributed by atoms with Crippen molar-refractivity contribution < 1.29 is 4.84 Å². The maximum Gasteiger partial charge on any atom is 0.0572 e. The van der Waals surface area contributed by atoms with Gasteiger partial charge in [-0.25, -0.2) is 0 Å². The van der Waals surface area contributed by atoms with Gasteiger partial charge in [0.1, 0.15) is 0 Å². The molecule has 2 fully saturated rings. The molecule has 0 aromatic carbocycles. The van der Waals surface area contributed by atoms with Crippen molar-refractivity contribution in [3.05, 3.63) is 0 Å². The van der Waals surface area contributed by atoms with E-state index < -0.39 is 0 Å². The van der Waals surface area contributed by atoms with Gasteiger partial charge in [0.2, 0.25) is 0 Å². The third-order valence-electron chi connectivity index (χ3n) is 2.51. The van der Waals surface area contributed by atoms with E-state index >= 15 is 0 Å². The predicted octanol–water partition coefficient (Wildman–Crippen LogP) is 1.33. The van der Waals surface area contributed by atoms with Gasteiger partial charge in [0, 0.05) is 6.04 Å². The first kappa shape index (κ1) is 6.62. The maximum absolute atomic E-state index is 4.96. The molecule has 1 N–H and O–H groups in total. The van der Waals surface area contributed by atoms with Crippen LogP contribution in [0.15, 0.2) is 0 Å². The molecule has 0 saturated heterocycles. The summed E-state index contributed by atoms with van der Waals surface area (Å²) in [5, 5.41) is 0. The summed E-state index contributed by atoms with van der Waals surface area (Å²) < 4.78 is 0. The zero-order valence-corrected chi connectivity index (χ0v) is 6.47. The van der Waals surface area contributed by atoms with Crippen LogP contribution in [0, 0.1) is 11.8 Å². The van der Waals surface area contributed by atoms with Gasteiger partial charge in [0.25, 0.3) is 0 Å². The molecule has 0 heterocycles. The fraction of sp³-hybridized carbons (Fsp3) is 1.00. The first-order valence-electron chi connectivity index (χ1n) is 4.20. The normalized spacial score (nSPS) is 25.8. The highest BCUT2D eigenvalue weighted by molar-refractivity contribution is 4.94. The summed E-state index contributed by atoms with van der Waals surface area (Å²) in [5.74, 6) is 1.87. The highest BCUT2D eigenvalue weighted by Crippen LogP contribution is 2.44. The van der Waals surface area contributed by atoms with Gasteiger partial charge in [-0.3, -0.25) is 0 Å². The summed E-state index contributed by atoms with van der Waals surface area (Å²) in [7, 11) is 1.72. The molecule has 10 heavy (non-hydrogen) atoms. The smallest absolute Gasteiger partial charge is 0.0572 e. The van der Waals surface area contributed by atoms with E-state index in [-0.39, 0.29) is 0 Å². The Hall–Kier alpha value is -0.0800. The Balaban J connectivity index is 1.80. The second kappa shape index (κ2) is 2.51. The van der Waals surface area contributed by atoms with Crippen molar-refractivity contribution in [2.75, 3.05) is 7.11 Å². The maximum atomic E-state index is 4.96. The third kappa shape index (κ3) is 1.32. The largest absolute Gasteiger partial charge is 0.305 e. The Bertz CT molecular complexity index is 106. The number of nitrogens with one attached hydrogen (secondary N) is 1. The lowest BCUT2D eigenvalue weighted by Gasteiger charge is -2.14. The van der Waals surface area contributed by atoms with Gasteiger partial charge in [-0.2, -0.15) is 5.48 Å². The predicted molar refractivity (Wildman–Crippen MR) is 39.4 cm³/mol. The van der Waals surface area contributed by atoms with Crippen molar-refractivity contribution >= 4 is 0 Å². The molecule has 0 bridgehead atoms. The highest BCUT2D eigenvalue weighted by Gasteiger charge is 2.41. The summed E-state index contributed by atoms with van der Waals surface area (Å²) >= 11 is 0. The zero-order valence-electron chi connectivity index (χ0n) is 6.47. The summed E-state index contributed by atoms with van der Waals surface area (Å²) in [6, 6.07) is 0.685. The average Bonchev–Trinajstić information content (AvgIpc) is 2.77. The monoisotopic (exact) mass is 141 g/mol.